The van der Waals surface area contributed by atoms with Crippen molar-refractivity contribution in [2.24, 2.45) is 0 Å². The fourth-order valence-electron chi connectivity index (χ4n) is 3.38. The third-order valence-corrected chi connectivity index (χ3v) is 6.86. The Kier molecular flexibility index (Phi) is 8.91. The van der Waals surface area contributed by atoms with Gasteiger partial charge in [-0.3, -0.25) is 4.79 Å². The number of carbonyl (C=O) groups excluding carboxylic acids is 2. The second kappa shape index (κ2) is 11.9. The van der Waals surface area contributed by atoms with Crippen molar-refractivity contribution in [3.05, 3.63) is 70.2 Å². The van der Waals surface area contributed by atoms with Crippen LogP contribution in [0.1, 0.15) is 41.8 Å². The van der Waals surface area contributed by atoms with Crippen molar-refractivity contribution in [3.63, 3.8) is 0 Å². The number of esters is 1. The quantitative estimate of drug-likeness (QED) is 0.291. The largest absolute Gasteiger partial charge is 0.452 e. The number of ether oxygens (including phenoxy) is 1. The molecule has 0 radical (unpaired) electrons. The number of aryl methyl sites for hydroxylation is 1. The second-order valence-electron chi connectivity index (χ2n) is 7.69. The molecule has 0 unspecified atom stereocenters. The zero-order valence-corrected chi connectivity index (χ0v) is 21.0. The van der Waals surface area contributed by atoms with Gasteiger partial charge in [0.1, 0.15) is 0 Å². The average molecular weight is 484 g/mol. The number of nitrogens with zero attached hydrogens (tertiary/aromatic N) is 2. The fourth-order valence-corrected chi connectivity index (χ4v) is 5.03. The van der Waals surface area contributed by atoms with Crippen LogP contribution in [-0.2, 0) is 15.3 Å². The molecule has 1 N–H and O–H groups in total. The summed E-state index contributed by atoms with van der Waals surface area (Å²) in [5.41, 5.74) is 3.18. The molecular weight excluding hydrogens is 454 g/mol. The van der Waals surface area contributed by atoms with E-state index in [0.717, 1.165) is 27.8 Å². The molecule has 0 saturated heterocycles. The van der Waals surface area contributed by atoms with Crippen molar-refractivity contribution in [3.8, 4) is 0 Å². The number of aromatic nitrogens is 1. The van der Waals surface area contributed by atoms with Crippen LogP contribution in [0.2, 0.25) is 0 Å². The molecular formula is C25H29N3O3S2. The van der Waals surface area contributed by atoms with E-state index in [9.17, 15) is 9.59 Å². The van der Waals surface area contributed by atoms with Crippen LogP contribution >= 0.6 is 23.1 Å². The SMILES string of the molecule is CCN(c1ccc(NC(=O)COC(=O)c2ccccc2SCc2csc(C)n2)cc1)C(C)C. The molecule has 1 aromatic heterocycles. The highest BCUT2D eigenvalue weighted by Gasteiger charge is 2.15. The Bertz CT molecular complexity index is 1080. The molecule has 1 amide bonds. The summed E-state index contributed by atoms with van der Waals surface area (Å²) in [6.07, 6.45) is 0. The van der Waals surface area contributed by atoms with Gasteiger partial charge in [-0.1, -0.05) is 12.1 Å². The summed E-state index contributed by atoms with van der Waals surface area (Å²) >= 11 is 3.13. The molecule has 1 heterocycles. The predicted molar refractivity (Wildman–Crippen MR) is 136 cm³/mol. The lowest BCUT2D eigenvalue weighted by atomic mass is 10.2. The lowest BCUT2D eigenvalue weighted by molar-refractivity contribution is -0.119. The van der Waals surface area contributed by atoms with E-state index in [2.05, 4.69) is 36.0 Å². The third kappa shape index (κ3) is 7.07. The predicted octanol–water partition coefficient (Wildman–Crippen LogP) is 5.77. The van der Waals surface area contributed by atoms with Crippen LogP contribution in [0.15, 0.2) is 58.8 Å². The lowest BCUT2D eigenvalue weighted by Gasteiger charge is -2.27. The van der Waals surface area contributed by atoms with Gasteiger partial charge in [-0.2, -0.15) is 0 Å². The summed E-state index contributed by atoms with van der Waals surface area (Å²) in [5.74, 6) is -0.235. The third-order valence-electron chi connectivity index (χ3n) is 4.93. The normalized spacial score (nSPS) is 10.8. The molecule has 0 bridgehead atoms. The Morgan fingerprint density at radius 3 is 2.52 bits per heavy atom. The Balaban J connectivity index is 1.54. The van der Waals surface area contributed by atoms with Crippen LogP contribution in [0.3, 0.4) is 0 Å². The zero-order valence-electron chi connectivity index (χ0n) is 19.3. The molecule has 6 nitrogen and oxygen atoms in total. The van der Waals surface area contributed by atoms with Gasteiger partial charge >= 0.3 is 5.97 Å². The monoisotopic (exact) mass is 483 g/mol. The Labute approximate surface area is 203 Å². The molecule has 0 spiro atoms. The highest BCUT2D eigenvalue weighted by atomic mass is 32.2. The lowest BCUT2D eigenvalue weighted by Crippen LogP contribution is -2.30. The van der Waals surface area contributed by atoms with Gasteiger partial charge < -0.3 is 15.0 Å². The van der Waals surface area contributed by atoms with Crippen molar-refractivity contribution < 1.29 is 14.3 Å². The van der Waals surface area contributed by atoms with Gasteiger partial charge in [0, 0.05) is 40.0 Å². The first-order valence-electron chi connectivity index (χ1n) is 10.8. The van der Waals surface area contributed by atoms with E-state index in [1.54, 1.807) is 23.5 Å². The average Bonchev–Trinajstić information content (AvgIpc) is 3.22. The first kappa shape index (κ1) is 24.8. The number of anilines is 2. The molecule has 0 aliphatic heterocycles. The molecule has 3 rings (SSSR count). The van der Waals surface area contributed by atoms with Crippen LogP contribution < -0.4 is 10.2 Å². The number of rotatable bonds is 10. The van der Waals surface area contributed by atoms with Gasteiger partial charge in [0.2, 0.25) is 0 Å². The topological polar surface area (TPSA) is 71.5 Å². The fraction of sp³-hybridized carbons (Fsp3) is 0.320. The summed E-state index contributed by atoms with van der Waals surface area (Å²) < 4.78 is 5.28. The first-order chi connectivity index (χ1) is 15.9. The van der Waals surface area contributed by atoms with E-state index in [1.807, 2.05) is 48.7 Å². The Morgan fingerprint density at radius 1 is 1.15 bits per heavy atom. The van der Waals surface area contributed by atoms with Gasteiger partial charge in [-0.25, -0.2) is 9.78 Å². The van der Waals surface area contributed by atoms with Gasteiger partial charge in [0.15, 0.2) is 6.61 Å². The number of thioether (sulfide) groups is 1. The smallest absolute Gasteiger partial charge is 0.339 e. The molecule has 174 valence electrons. The van der Waals surface area contributed by atoms with Gasteiger partial charge in [0.25, 0.3) is 5.91 Å². The number of benzene rings is 2. The Hall–Kier alpha value is -2.84. The number of hydrogen-bond acceptors (Lipinski definition) is 7. The van der Waals surface area contributed by atoms with Crippen LogP contribution in [0.5, 0.6) is 0 Å². The van der Waals surface area contributed by atoms with Crippen molar-refractivity contribution in [2.45, 2.75) is 44.4 Å². The van der Waals surface area contributed by atoms with E-state index in [0.29, 0.717) is 23.0 Å². The number of amides is 1. The van der Waals surface area contributed by atoms with Gasteiger partial charge in [-0.05, 0) is 64.1 Å². The van der Waals surface area contributed by atoms with Crippen molar-refractivity contribution in [1.29, 1.82) is 0 Å². The minimum Gasteiger partial charge on any atom is -0.452 e. The Morgan fingerprint density at radius 2 is 1.88 bits per heavy atom. The molecule has 0 saturated carbocycles. The number of carbonyl (C=O) groups is 2. The van der Waals surface area contributed by atoms with Crippen molar-refractivity contribution in [2.75, 3.05) is 23.4 Å². The van der Waals surface area contributed by atoms with E-state index in [1.165, 1.54) is 11.8 Å². The zero-order chi connectivity index (χ0) is 23.8. The van der Waals surface area contributed by atoms with E-state index in [-0.39, 0.29) is 12.5 Å². The molecule has 0 atom stereocenters. The van der Waals surface area contributed by atoms with Crippen molar-refractivity contribution >= 4 is 46.3 Å². The minimum absolute atomic E-state index is 0.349. The maximum absolute atomic E-state index is 12.6. The molecule has 0 aliphatic rings. The molecule has 2 aromatic carbocycles. The van der Waals surface area contributed by atoms with E-state index < -0.39 is 5.97 Å². The highest BCUT2D eigenvalue weighted by Crippen LogP contribution is 2.27. The van der Waals surface area contributed by atoms with E-state index in [4.69, 9.17) is 4.74 Å². The van der Waals surface area contributed by atoms with Gasteiger partial charge in [-0.15, -0.1) is 23.1 Å². The van der Waals surface area contributed by atoms with Crippen LogP contribution in [0.25, 0.3) is 0 Å². The van der Waals surface area contributed by atoms with Crippen LogP contribution in [0.4, 0.5) is 11.4 Å². The number of hydrogen-bond donors (Lipinski definition) is 1. The molecule has 3 aromatic rings. The van der Waals surface area contributed by atoms with Crippen LogP contribution in [-0.4, -0.2) is 36.1 Å². The summed E-state index contributed by atoms with van der Waals surface area (Å²) in [6, 6.07) is 15.3. The second-order valence-corrected chi connectivity index (χ2v) is 9.77. The molecule has 0 aliphatic carbocycles. The molecule has 8 heteroatoms. The van der Waals surface area contributed by atoms with Crippen LogP contribution in [0, 0.1) is 6.92 Å². The summed E-state index contributed by atoms with van der Waals surface area (Å²) in [4.78, 5) is 32.5. The van der Waals surface area contributed by atoms with Gasteiger partial charge in [0.05, 0.1) is 16.3 Å². The number of thiazole rings is 1. The summed E-state index contributed by atoms with van der Waals surface area (Å²) in [5, 5.41) is 5.81. The highest BCUT2D eigenvalue weighted by molar-refractivity contribution is 7.98. The molecule has 33 heavy (non-hydrogen) atoms. The molecule has 0 fully saturated rings. The first-order valence-corrected chi connectivity index (χ1v) is 12.7. The standard InChI is InChI=1S/C25H29N3O3S2/c1-5-28(17(2)3)21-12-10-19(11-13-21)27-24(29)14-31-25(30)22-8-6-7-9-23(22)33-16-20-15-32-18(4)26-20/h6-13,15,17H,5,14,16H2,1-4H3,(H,27,29). The van der Waals surface area contributed by atoms with E-state index >= 15 is 0 Å². The maximum Gasteiger partial charge on any atom is 0.339 e. The summed E-state index contributed by atoms with van der Waals surface area (Å²) in [6.45, 7) is 8.92. The number of nitrogens with one attached hydrogen (secondary N) is 1. The summed E-state index contributed by atoms with van der Waals surface area (Å²) in [7, 11) is 0. The van der Waals surface area contributed by atoms with Crippen molar-refractivity contribution in [1.82, 2.24) is 4.98 Å². The maximum atomic E-state index is 12.6. The minimum atomic E-state index is -0.520.